The quantitative estimate of drug-likeness (QED) is 0.273. The third-order valence-corrected chi connectivity index (χ3v) is 2.36. The van der Waals surface area contributed by atoms with Gasteiger partial charge in [-0.05, 0) is 12.5 Å². The molecule has 5 heteroatoms. The van der Waals surface area contributed by atoms with E-state index in [1.807, 2.05) is 0 Å². The maximum Gasteiger partial charge on any atom is 0.161 e. The molecule has 5 nitrogen and oxygen atoms in total. The van der Waals surface area contributed by atoms with Gasteiger partial charge in [-0.15, -0.1) is 0 Å². The van der Waals surface area contributed by atoms with E-state index >= 15 is 0 Å². The molecule has 1 rings (SSSR count). The lowest BCUT2D eigenvalue weighted by Gasteiger charge is -2.14. The lowest BCUT2D eigenvalue weighted by Crippen LogP contribution is -2.16. The molecule has 0 amide bonds. The first-order valence-electron chi connectivity index (χ1n) is 4.56. The Bertz CT molecular complexity index is 339. The normalized spacial score (nSPS) is 12.7. The van der Waals surface area contributed by atoms with Crippen LogP contribution in [0.1, 0.15) is 11.1 Å². The average molecular weight is 213 g/mol. The summed E-state index contributed by atoms with van der Waals surface area (Å²) in [5, 5.41) is 36.8. The molecule has 15 heavy (non-hydrogen) atoms. The Morgan fingerprint density at radius 3 is 2.53 bits per heavy atom. The molecule has 84 valence electrons. The van der Waals surface area contributed by atoms with Gasteiger partial charge in [0.15, 0.2) is 11.5 Å². The fourth-order valence-electron chi connectivity index (χ4n) is 1.38. The molecule has 0 aliphatic heterocycles. The average Bonchev–Trinajstić information content (AvgIpc) is 2.21. The number of hydrogen-bond acceptors (Lipinski definition) is 5. The van der Waals surface area contributed by atoms with Crippen LogP contribution in [0.25, 0.3) is 0 Å². The van der Waals surface area contributed by atoms with Gasteiger partial charge in [-0.3, -0.25) is 0 Å². The van der Waals surface area contributed by atoms with Crippen LogP contribution in [0.5, 0.6) is 11.5 Å². The largest absolute Gasteiger partial charge is 0.504 e. The second-order valence-electron chi connectivity index (χ2n) is 3.48. The summed E-state index contributed by atoms with van der Waals surface area (Å²) < 4.78 is 0. The molecule has 0 aliphatic rings. The SMILES string of the molecule is Cc1c(N)cc(O)c(O)c1CC(O)CO. The summed E-state index contributed by atoms with van der Waals surface area (Å²) in [7, 11) is 0. The van der Waals surface area contributed by atoms with E-state index in [2.05, 4.69) is 0 Å². The van der Waals surface area contributed by atoms with Crippen molar-refractivity contribution in [2.24, 2.45) is 0 Å². The summed E-state index contributed by atoms with van der Waals surface area (Å²) >= 11 is 0. The molecule has 0 heterocycles. The molecule has 1 aromatic rings. The number of anilines is 1. The number of aliphatic hydroxyl groups is 2. The van der Waals surface area contributed by atoms with Gasteiger partial charge in [0.05, 0.1) is 12.7 Å². The van der Waals surface area contributed by atoms with Gasteiger partial charge < -0.3 is 26.2 Å². The number of phenols is 2. The van der Waals surface area contributed by atoms with Crippen molar-refractivity contribution in [3.63, 3.8) is 0 Å². The topological polar surface area (TPSA) is 107 Å². The van der Waals surface area contributed by atoms with Crippen LogP contribution < -0.4 is 5.73 Å². The third-order valence-electron chi connectivity index (χ3n) is 2.36. The van der Waals surface area contributed by atoms with E-state index in [1.165, 1.54) is 6.07 Å². The first-order valence-corrected chi connectivity index (χ1v) is 4.56. The molecule has 0 radical (unpaired) electrons. The minimum atomic E-state index is -0.976. The van der Waals surface area contributed by atoms with Gasteiger partial charge in [-0.25, -0.2) is 0 Å². The zero-order chi connectivity index (χ0) is 11.6. The van der Waals surface area contributed by atoms with Crippen LogP contribution in [-0.2, 0) is 6.42 Å². The summed E-state index contributed by atoms with van der Waals surface area (Å²) in [4.78, 5) is 0. The van der Waals surface area contributed by atoms with Crippen molar-refractivity contribution in [3.8, 4) is 11.5 Å². The Morgan fingerprint density at radius 1 is 1.40 bits per heavy atom. The minimum Gasteiger partial charge on any atom is -0.504 e. The molecule has 1 aromatic carbocycles. The highest BCUT2D eigenvalue weighted by atomic mass is 16.3. The highest BCUT2D eigenvalue weighted by Crippen LogP contribution is 2.35. The number of aliphatic hydroxyl groups excluding tert-OH is 2. The predicted molar refractivity (Wildman–Crippen MR) is 55.7 cm³/mol. The zero-order valence-corrected chi connectivity index (χ0v) is 8.44. The summed E-state index contributed by atoms with van der Waals surface area (Å²) in [5.74, 6) is -0.618. The number of nitrogen functional groups attached to an aromatic ring is 1. The Hall–Kier alpha value is -1.46. The first-order chi connectivity index (χ1) is 6.97. The van der Waals surface area contributed by atoms with Gasteiger partial charge in [0.1, 0.15) is 0 Å². The number of phenolic OH excluding ortho intramolecular Hbond substituents is 2. The van der Waals surface area contributed by atoms with Crippen molar-refractivity contribution >= 4 is 5.69 Å². The molecule has 0 aliphatic carbocycles. The second kappa shape index (κ2) is 4.37. The van der Waals surface area contributed by atoms with Crippen LogP contribution >= 0.6 is 0 Å². The predicted octanol–water partition coefficient (Wildman–Crippen LogP) is -0.116. The Kier molecular flexibility index (Phi) is 3.39. The van der Waals surface area contributed by atoms with Crippen molar-refractivity contribution in [2.75, 3.05) is 12.3 Å². The van der Waals surface area contributed by atoms with Crippen molar-refractivity contribution < 1.29 is 20.4 Å². The van der Waals surface area contributed by atoms with Crippen molar-refractivity contribution in [2.45, 2.75) is 19.4 Å². The second-order valence-corrected chi connectivity index (χ2v) is 3.48. The van der Waals surface area contributed by atoms with Gasteiger partial charge >= 0.3 is 0 Å². The number of benzene rings is 1. The molecular formula is C10H15NO4. The van der Waals surface area contributed by atoms with Crippen molar-refractivity contribution in [1.82, 2.24) is 0 Å². The highest BCUT2D eigenvalue weighted by molar-refractivity contribution is 5.61. The summed E-state index contributed by atoms with van der Waals surface area (Å²) in [6.07, 6.45) is -0.928. The zero-order valence-electron chi connectivity index (χ0n) is 8.44. The summed E-state index contributed by atoms with van der Waals surface area (Å²) in [5.41, 5.74) is 6.88. The van der Waals surface area contributed by atoms with Gasteiger partial charge in [0.2, 0.25) is 0 Å². The van der Waals surface area contributed by atoms with Crippen LogP contribution in [0.15, 0.2) is 6.07 Å². The van der Waals surface area contributed by atoms with E-state index in [-0.39, 0.29) is 17.9 Å². The van der Waals surface area contributed by atoms with E-state index in [0.29, 0.717) is 16.8 Å². The van der Waals surface area contributed by atoms with Crippen molar-refractivity contribution in [1.29, 1.82) is 0 Å². The van der Waals surface area contributed by atoms with E-state index in [1.54, 1.807) is 6.92 Å². The molecular weight excluding hydrogens is 198 g/mol. The fraction of sp³-hybridized carbons (Fsp3) is 0.400. The molecule has 0 bridgehead atoms. The maximum absolute atomic E-state index is 9.55. The highest BCUT2D eigenvalue weighted by Gasteiger charge is 2.16. The van der Waals surface area contributed by atoms with Crippen LogP contribution in [0.2, 0.25) is 0 Å². The first kappa shape index (κ1) is 11.6. The van der Waals surface area contributed by atoms with Gasteiger partial charge in [-0.2, -0.15) is 0 Å². The maximum atomic E-state index is 9.55. The molecule has 0 aromatic heterocycles. The Morgan fingerprint density at radius 2 is 2.00 bits per heavy atom. The molecule has 0 saturated heterocycles. The van der Waals surface area contributed by atoms with E-state index < -0.39 is 12.7 Å². The number of rotatable bonds is 3. The molecule has 0 fully saturated rings. The lowest BCUT2D eigenvalue weighted by molar-refractivity contribution is 0.0948. The van der Waals surface area contributed by atoms with Crippen LogP contribution in [-0.4, -0.2) is 33.1 Å². The van der Waals surface area contributed by atoms with E-state index in [4.69, 9.17) is 10.8 Å². The Balaban J connectivity index is 3.15. The summed E-state index contributed by atoms with van der Waals surface area (Å²) in [6, 6.07) is 1.25. The van der Waals surface area contributed by atoms with E-state index in [9.17, 15) is 15.3 Å². The van der Waals surface area contributed by atoms with Gasteiger partial charge in [0, 0.05) is 23.7 Å². The lowest BCUT2D eigenvalue weighted by atomic mass is 9.99. The molecule has 0 spiro atoms. The number of aromatic hydroxyl groups is 2. The van der Waals surface area contributed by atoms with Crippen LogP contribution in [0, 0.1) is 6.92 Å². The van der Waals surface area contributed by atoms with Gasteiger partial charge in [0.25, 0.3) is 0 Å². The fourth-order valence-corrected chi connectivity index (χ4v) is 1.38. The van der Waals surface area contributed by atoms with Crippen LogP contribution in [0.3, 0.4) is 0 Å². The molecule has 1 unspecified atom stereocenters. The van der Waals surface area contributed by atoms with Gasteiger partial charge in [-0.1, -0.05) is 0 Å². The number of hydrogen-bond donors (Lipinski definition) is 5. The molecule has 6 N–H and O–H groups in total. The van der Waals surface area contributed by atoms with E-state index in [0.717, 1.165) is 0 Å². The van der Waals surface area contributed by atoms with Crippen LogP contribution in [0.4, 0.5) is 5.69 Å². The minimum absolute atomic E-state index is 0.0484. The molecule has 0 saturated carbocycles. The monoisotopic (exact) mass is 213 g/mol. The van der Waals surface area contributed by atoms with Crippen molar-refractivity contribution in [3.05, 3.63) is 17.2 Å². The third kappa shape index (κ3) is 2.31. The smallest absolute Gasteiger partial charge is 0.161 e. The molecule has 1 atom stereocenters. The summed E-state index contributed by atoms with van der Waals surface area (Å²) in [6.45, 7) is 1.27. The standard InChI is InChI=1S/C10H15NO4/c1-5-7(2-6(13)4-12)10(15)9(14)3-8(5)11/h3,6,12-15H,2,4,11H2,1H3. The number of nitrogens with two attached hydrogens (primary N) is 1. The Labute approximate surface area is 87.4 Å².